The van der Waals surface area contributed by atoms with E-state index in [4.69, 9.17) is 37.6 Å². The lowest BCUT2D eigenvalue weighted by Crippen LogP contribution is -2.61. The zero-order valence-corrected chi connectivity index (χ0v) is 34.6. The van der Waals surface area contributed by atoms with E-state index in [9.17, 15) is 60.7 Å². The number of phenolic OH excluding ortho intramolecular Hbond substituents is 1. The van der Waals surface area contributed by atoms with Crippen LogP contribution in [0.15, 0.2) is 69.4 Å². The zero-order chi connectivity index (χ0) is 45.8. The summed E-state index contributed by atoms with van der Waals surface area (Å²) >= 11 is 0. The molecule has 20 heteroatoms. The van der Waals surface area contributed by atoms with Gasteiger partial charge < -0.3 is 88.6 Å². The lowest BCUT2D eigenvalue weighted by atomic mass is 9.59. The summed E-state index contributed by atoms with van der Waals surface area (Å²) in [5.41, 5.74) is -3.97. The second-order valence-electron chi connectivity index (χ2n) is 16.8. The molecule has 2 bridgehead atoms. The van der Waals surface area contributed by atoms with E-state index in [1.807, 2.05) is 6.92 Å². The molecule has 20 nitrogen and oxygen atoms in total. The molecule has 63 heavy (non-hydrogen) atoms. The molecule has 3 saturated heterocycles. The summed E-state index contributed by atoms with van der Waals surface area (Å²) in [6.07, 6.45) is -12.9. The minimum absolute atomic E-state index is 0.0169. The molecule has 4 aliphatic rings. The first-order valence-electron chi connectivity index (χ1n) is 20.1. The van der Waals surface area contributed by atoms with E-state index in [1.165, 1.54) is 49.6 Å². The van der Waals surface area contributed by atoms with Crippen LogP contribution in [0.2, 0.25) is 0 Å². The van der Waals surface area contributed by atoms with Gasteiger partial charge in [-0.15, -0.1) is 0 Å². The number of fused-ring (bicyclic) bond motifs is 3. The third-order valence-electron chi connectivity index (χ3n) is 12.4. The molecule has 1 aromatic heterocycles. The highest BCUT2D eigenvalue weighted by molar-refractivity contribution is 5.88. The lowest BCUT2D eigenvalue weighted by molar-refractivity contribution is -0.281. The predicted molar refractivity (Wildman–Crippen MR) is 214 cm³/mol. The molecule has 3 aromatic rings. The molecule has 4 fully saturated rings. The number of aliphatic hydroxyl groups excluding tert-OH is 8. The van der Waals surface area contributed by atoms with Gasteiger partial charge in [-0.2, -0.15) is 0 Å². The molecule has 1 aliphatic carbocycles. The molecule has 344 valence electrons. The zero-order valence-electron chi connectivity index (χ0n) is 34.6. The molecule has 0 amide bonds. The summed E-state index contributed by atoms with van der Waals surface area (Å²) in [4.78, 5) is 27.3. The monoisotopic (exact) mass is 888 g/mol. The van der Waals surface area contributed by atoms with Gasteiger partial charge in [-0.25, -0.2) is 4.79 Å². The minimum Gasteiger partial charge on any atom is -0.507 e. The number of hydrogen-bond donors (Lipinski definition) is 10. The largest absolute Gasteiger partial charge is 0.507 e. The standard InChI is InChI=1S/C43H52O20/c1-19(9-10-43(55)41(2)14-21(46)15-42(43,3)57-18-41)11-28(48)62-38-34(53)31(50)27(17-45)61-40(38)58-22-7-5-20(6-8-22)36-37(63-39-35(54)33(52)30(49)26(16-44)60-39)32(51)29-24(47)12-23(56-4)13-25(29)59-36/h5-13,21,26-27,30-31,33-35,38-40,44-47,49-50,52-55H,14-18H2,1-4H3/b10-9+,19-11-/t21-,26+,27+,30+,31+,33-,34-,35+,38+,39-,40+,41+,42+,43-/m0/s1. The van der Waals surface area contributed by atoms with Gasteiger partial charge in [0.2, 0.25) is 23.8 Å². The molecule has 14 atom stereocenters. The van der Waals surface area contributed by atoms with E-state index in [-0.39, 0.29) is 46.8 Å². The topological polar surface area (TPSA) is 314 Å². The summed E-state index contributed by atoms with van der Waals surface area (Å²) in [6, 6.07) is 7.96. The van der Waals surface area contributed by atoms with Crippen molar-refractivity contribution in [1.82, 2.24) is 0 Å². The van der Waals surface area contributed by atoms with Gasteiger partial charge in [-0.1, -0.05) is 13.0 Å². The Balaban J connectivity index is 1.15. The maximum absolute atomic E-state index is 14.0. The van der Waals surface area contributed by atoms with Gasteiger partial charge in [0.15, 0.2) is 11.9 Å². The van der Waals surface area contributed by atoms with Crippen molar-refractivity contribution in [3.05, 3.63) is 70.4 Å². The fraction of sp³-hybridized carbons (Fsp3) is 0.535. The number of aromatic hydroxyl groups is 1. The molecule has 10 N–H and O–H groups in total. The maximum atomic E-state index is 14.0. The van der Waals surface area contributed by atoms with E-state index >= 15 is 0 Å². The minimum atomic E-state index is -1.92. The Labute approximate surface area is 359 Å². The van der Waals surface area contributed by atoms with E-state index in [1.54, 1.807) is 13.8 Å². The van der Waals surface area contributed by atoms with Crippen LogP contribution in [0.3, 0.4) is 0 Å². The van der Waals surface area contributed by atoms with Crippen LogP contribution in [0.25, 0.3) is 22.3 Å². The summed E-state index contributed by atoms with van der Waals surface area (Å²) in [5, 5.41) is 105. The molecule has 3 aliphatic heterocycles. The van der Waals surface area contributed by atoms with Crippen LogP contribution >= 0.6 is 0 Å². The van der Waals surface area contributed by atoms with Crippen LogP contribution in [0, 0.1) is 5.41 Å². The van der Waals surface area contributed by atoms with Crippen LogP contribution in [0.1, 0.15) is 33.6 Å². The number of methoxy groups -OCH3 is 1. The van der Waals surface area contributed by atoms with Gasteiger partial charge in [0.05, 0.1) is 33.0 Å². The SMILES string of the molecule is COc1cc(O)c2c(=O)c(O[C@@H]3O[C@H](CO)[C@@H](O)[C@H](O)[C@H]3O)c(-c3ccc(O[C@@H]4O[C@H](CO)[C@@H](O)[C@H](O)[C@H]4OC(=O)/C=C(C)\C=C\[C@]4(O)[C@@]5(C)CO[C@]4(C)C[C@@H](O)C5)cc3)oc2c1. The number of benzene rings is 2. The average Bonchev–Trinajstić information content (AvgIpc) is 3.33. The number of carbonyl (C=O) groups is 1. The number of carbonyl (C=O) groups excluding carboxylic acids is 1. The van der Waals surface area contributed by atoms with Gasteiger partial charge in [0, 0.05) is 35.6 Å². The van der Waals surface area contributed by atoms with Gasteiger partial charge >= 0.3 is 5.97 Å². The first-order chi connectivity index (χ1) is 29.8. The van der Waals surface area contributed by atoms with Gasteiger partial charge in [0.1, 0.15) is 82.1 Å². The second kappa shape index (κ2) is 17.7. The number of aliphatic hydroxyl groups is 9. The average molecular weight is 889 g/mol. The summed E-state index contributed by atoms with van der Waals surface area (Å²) < 4.78 is 45.7. The normalized spacial score (nSPS) is 37.0. The van der Waals surface area contributed by atoms with Crippen molar-refractivity contribution in [2.75, 3.05) is 26.9 Å². The molecule has 0 unspecified atom stereocenters. The van der Waals surface area contributed by atoms with Crippen LogP contribution in [0.4, 0.5) is 0 Å². The third kappa shape index (κ3) is 8.42. The van der Waals surface area contributed by atoms with Crippen LogP contribution in [-0.2, 0) is 23.7 Å². The summed E-state index contributed by atoms with van der Waals surface area (Å²) in [5.74, 6) is -2.27. The highest BCUT2D eigenvalue weighted by Crippen LogP contribution is 2.57. The maximum Gasteiger partial charge on any atom is 0.331 e. The number of allylic oxidation sites excluding steroid dienone is 2. The van der Waals surface area contributed by atoms with Crippen molar-refractivity contribution in [2.45, 2.75) is 112 Å². The Morgan fingerprint density at radius 1 is 0.857 bits per heavy atom. The molecule has 2 aromatic carbocycles. The van der Waals surface area contributed by atoms with Crippen molar-refractivity contribution in [2.24, 2.45) is 5.41 Å². The Kier molecular flexibility index (Phi) is 13.0. The van der Waals surface area contributed by atoms with Crippen molar-refractivity contribution in [3.63, 3.8) is 0 Å². The predicted octanol–water partition coefficient (Wildman–Crippen LogP) is -0.734. The van der Waals surface area contributed by atoms with E-state index < -0.39 is 120 Å². The van der Waals surface area contributed by atoms with Crippen molar-refractivity contribution in [1.29, 1.82) is 0 Å². The van der Waals surface area contributed by atoms with Crippen LogP contribution in [0.5, 0.6) is 23.0 Å². The van der Waals surface area contributed by atoms with E-state index in [0.717, 1.165) is 12.1 Å². The first-order valence-corrected chi connectivity index (χ1v) is 20.1. The fourth-order valence-electron chi connectivity index (χ4n) is 8.73. The first kappa shape index (κ1) is 46.3. The Bertz CT molecular complexity index is 2250. The van der Waals surface area contributed by atoms with Crippen molar-refractivity contribution < 1.29 is 93.4 Å². The number of rotatable bonds is 12. The molecule has 0 spiro atoms. The molecule has 0 radical (unpaired) electrons. The van der Waals surface area contributed by atoms with E-state index in [2.05, 4.69) is 0 Å². The fourth-order valence-corrected chi connectivity index (χ4v) is 8.73. The van der Waals surface area contributed by atoms with Gasteiger partial charge in [-0.05, 0) is 56.2 Å². The summed E-state index contributed by atoms with van der Waals surface area (Å²) in [7, 11) is 1.33. The van der Waals surface area contributed by atoms with E-state index in [0.29, 0.717) is 12.0 Å². The number of phenols is 1. The highest BCUT2D eigenvalue weighted by atomic mass is 16.7. The Hall–Kier alpha value is -4.68. The number of hydrogen-bond acceptors (Lipinski definition) is 20. The molecular weight excluding hydrogens is 836 g/mol. The Morgan fingerprint density at radius 2 is 1.51 bits per heavy atom. The molecular formula is C43H52O20. The third-order valence-corrected chi connectivity index (χ3v) is 12.4. The lowest BCUT2D eigenvalue weighted by Gasteiger charge is -2.49. The molecule has 4 heterocycles. The smallest absolute Gasteiger partial charge is 0.331 e. The molecule has 1 saturated carbocycles. The van der Waals surface area contributed by atoms with Crippen LogP contribution < -0.4 is 19.6 Å². The quantitative estimate of drug-likeness (QED) is 0.0609. The Morgan fingerprint density at radius 3 is 2.14 bits per heavy atom. The highest BCUT2D eigenvalue weighted by Gasteiger charge is 2.67. The number of esters is 1. The van der Waals surface area contributed by atoms with Gasteiger partial charge in [0.25, 0.3) is 0 Å². The van der Waals surface area contributed by atoms with Gasteiger partial charge in [-0.3, -0.25) is 4.79 Å². The van der Waals surface area contributed by atoms with Crippen molar-refractivity contribution >= 4 is 16.9 Å². The van der Waals surface area contributed by atoms with Crippen molar-refractivity contribution in [3.8, 4) is 34.3 Å². The summed E-state index contributed by atoms with van der Waals surface area (Å²) in [6.45, 7) is 3.78. The number of ether oxygens (including phenoxy) is 7. The molecule has 7 rings (SSSR count). The van der Waals surface area contributed by atoms with Crippen LogP contribution in [-0.4, -0.2) is 163 Å². The second-order valence-corrected chi connectivity index (χ2v) is 16.8.